The van der Waals surface area contributed by atoms with E-state index >= 15 is 0 Å². The Morgan fingerprint density at radius 1 is 1.12 bits per heavy atom. The number of aliphatic hydroxyl groups is 1. The molecule has 7 heteroatoms. The number of amides is 1. The second-order valence-corrected chi connectivity index (χ2v) is 8.50. The molecular formula is C25H20N2O4S. The van der Waals surface area contributed by atoms with Crippen LogP contribution in [-0.2, 0) is 4.79 Å². The number of carbonyl (C=O) groups excluding carboxylic acids is 2. The first-order valence-electron chi connectivity index (χ1n) is 10.1. The number of benzene rings is 2. The first-order valence-corrected chi connectivity index (χ1v) is 11.0. The molecule has 5 rings (SSSR count). The van der Waals surface area contributed by atoms with Crippen LogP contribution in [0.25, 0.3) is 10.9 Å². The van der Waals surface area contributed by atoms with E-state index in [1.165, 1.54) is 16.2 Å². The largest absolute Gasteiger partial charge is 0.503 e. The summed E-state index contributed by atoms with van der Waals surface area (Å²) in [6, 6.07) is 17.5. The van der Waals surface area contributed by atoms with Crippen LogP contribution in [0.15, 0.2) is 77.4 Å². The maximum absolute atomic E-state index is 13.5. The van der Waals surface area contributed by atoms with Gasteiger partial charge in [-0.05, 0) is 36.6 Å². The summed E-state index contributed by atoms with van der Waals surface area (Å²) in [5.74, 6) is -0.929. The van der Waals surface area contributed by atoms with Gasteiger partial charge in [-0.25, -0.2) is 0 Å². The molecule has 6 nitrogen and oxygen atoms in total. The van der Waals surface area contributed by atoms with Gasteiger partial charge in [-0.3, -0.25) is 14.5 Å². The van der Waals surface area contributed by atoms with Crippen molar-refractivity contribution in [3.8, 4) is 5.75 Å². The molecule has 0 saturated heterocycles. The minimum Gasteiger partial charge on any atom is -0.503 e. The molecule has 32 heavy (non-hydrogen) atoms. The average molecular weight is 445 g/mol. The molecule has 3 heterocycles. The number of hydrogen-bond acceptors (Lipinski definition) is 5. The fraction of sp³-hybridized carbons (Fsp3) is 0.120. The van der Waals surface area contributed by atoms with Crippen LogP contribution in [-0.4, -0.2) is 28.9 Å². The second-order valence-electron chi connectivity index (χ2n) is 7.56. The molecule has 2 aromatic heterocycles. The van der Waals surface area contributed by atoms with E-state index in [-0.39, 0.29) is 11.4 Å². The molecular weight excluding hydrogens is 424 g/mol. The summed E-state index contributed by atoms with van der Waals surface area (Å²) in [5, 5.41) is 13.6. The van der Waals surface area contributed by atoms with Gasteiger partial charge in [0.25, 0.3) is 5.91 Å². The Balaban J connectivity index is 1.77. The maximum Gasteiger partial charge on any atom is 0.294 e. The van der Waals surface area contributed by atoms with Crippen LogP contribution in [0.1, 0.15) is 27.0 Å². The third kappa shape index (κ3) is 3.01. The summed E-state index contributed by atoms with van der Waals surface area (Å²) in [4.78, 5) is 32.1. The highest BCUT2D eigenvalue weighted by Gasteiger charge is 2.46. The van der Waals surface area contributed by atoms with Crippen LogP contribution in [0.4, 0.5) is 5.69 Å². The zero-order valence-corrected chi connectivity index (χ0v) is 18.3. The molecule has 2 aromatic carbocycles. The number of aryl methyl sites for hydroxylation is 1. The zero-order chi connectivity index (χ0) is 22.4. The molecule has 1 atom stereocenters. The number of H-pyrrole nitrogens is 1. The number of para-hydroxylation sites is 1. The summed E-state index contributed by atoms with van der Waals surface area (Å²) in [5.41, 5.74) is 3.11. The second kappa shape index (κ2) is 7.69. The summed E-state index contributed by atoms with van der Waals surface area (Å²) in [6.07, 6.45) is 0. The predicted molar refractivity (Wildman–Crippen MR) is 125 cm³/mol. The highest BCUT2D eigenvalue weighted by molar-refractivity contribution is 7.12. The number of aromatic nitrogens is 1. The lowest BCUT2D eigenvalue weighted by atomic mass is 9.93. The van der Waals surface area contributed by atoms with E-state index in [0.717, 1.165) is 22.2 Å². The van der Waals surface area contributed by atoms with E-state index in [0.29, 0.717) is 16.3 Å². The van der Waals surface area contributed by atoms with Gasteiger partial charge in [0, 0.05) is 33.9 Å². The molecule has 0 saturated carbocycles. The number of hydrogen-bond donors (Lipinski definition) is 2. The molecule has 2 N–H and O–H groups in total. The number of nitrogens with one attached hydrogen (secondary N) is 1. The van der Waals surface area contributed by atoms with Gasteiger partial charge < -0.3 is 14.8 Å². The van der Waals surface area contributed by atoms with Crippen LogP contribution in [0.5, 0.6) is 5.75 Å². The quantitative estimate of drug-likeness (QED) is 0.408. The number of carbonyl (C=O) groups is 2. The van der Waals surface area contributed by atoms with Gasteiger partial charge in [0.1, 0.15) is 5.75 Å². The molecule has 1 aliphatic heterocycles. The summed E-state index contributed by atoms with van der Waals surface area (Å²) < 4.78 is 5.34. The summed E-state index contributed by atoms with van der Waals surface area (Å²) >= 11 is 1.28. The van der Waals surface area contributed by atoms with E-state index in [1.54, 1.807) is 48.9 Å². The monoisotopic (exact) mass is 444 g/mol. The Morgan fingerprint density at radius 2 is 1.94 bits per heavy atom. The minimum atomic E-state index is -0.791. The van der Waals surface area contributed by atoms with E-state index in [1.807, 2.05) is 31.2 Å². The molecule has 0 spiro atoms. The predicted octanol–water partition coefficient (Wildman–Crippen LogP) is 5.33. The smallest absolute Gasteiger partial charge is 0.294 e. The van der Waals surface area contributed by atoms with Gasteiger partial charge in [-0.1, -0.05) is 30.3 Å². The number of ether oxygens (including phenoxy) is 1. The van der Waals surface area contributed by atoms with E-state index in [4.69, 9.17) is 4.74 Å². The van der Waals surface area contributed by atoms with Gasteiger partial charge in [-0.15, -0.1) is 11.3 Å². The van der Waals surface area contributed by atoms with Crippen molar-refractivity contribution in [1.82, 2.24) is 4.98 Å². The van der Waals surface area contributed by atoms with Gasteiger partial charge in [0.05, 0.1) is 23.6 Å². The Labute approximate surface area is 188 Å². The molecule has 1 amide bonds. The number of ketones is 1. The molecule has 0 radical (unpaired) electrons. The number of nitrogens with zero attached hydrogens (tertiary/aromatic N) is 1. The molecule has 1 unspecified atom stereocenters. The van der Waals surface area contributed by atoms with Gasteiger partial charge >= 0.3 is 0 Å². The van der Waals surface area contributed by atoms with Crippen molar-refractivity contribution >= 4 is 39.6 Å². The van der Waals surface area contributed by atoms with Crippen LogP contribution in [0.2, 0.25) is 0 Å². The average Bonchev–Trinajstić information content (AvgIpc) is 3.51. The van der Waals surface area contributed by atoms with Crippen molar-refractivity contribution in [2.75, 3.05) is 12.0 Å². The van der Waals surface area contributed by atoms with Gasteiger partial charge in [0.15, 0.2) is 5.76 Å². The normalized spacial score (nSPS) is 16.2. The fourth-order valence-electron chi connectivity index (χ4n) is 4.33. The van der Waals surface area contributed by atoms with Crippen molar-refractivity contribution in [1.29, 1.82) is 0 Å². The molecule has 0 fully saturated rings. The number of aromatic amines is 1. The number of aliphatic hydroxyl groups excluding tert-OH is 1. The molecule has 160 valence electrons. The SMILES string of the molecule is COc1cccc(N2C(=O)C(O)=C(C(=O)c3cccs3)C2c2c(C)[nH]c3ccccc23)c1. The number of thiophene rings is 1. The summed E-state index contributed by atoms with van der Waals surface area (Å²) in [6.45, 7) is 1.91. The highest BCUT2D eigenvalue weighted by Crippen LogP contribution is 2.46. The first kappa shape index (κ1) is 20.1. The van der Waals surface area contributed by atoms with E-state index in [9.17, 15) is 14.7 Å². The van der Waals surface area contributed by atoms with Gasteiger partial charge in [-0.2, -0.15) is 0 Å². The van der Waals surface area contributed by atoms with Crippen molar-refractivity contribution in [3.05, 3.63) is 93.5 Å². The maximum atomic E-state index is 13.5. The Kier molecular flexibility index (Phi) is 4.83. The highest BCUT2D eigenvalue weighted by atomic mass is 32.1. The van der Waals surface area contributed by atoms with E-state index < -0.39 is 17.7 Å². The Morgan fingerprint density at radius 3 is 2.69 bits per heavy atom. The standard InChI is InChI=1S/C25H20N2O4S/c1-14-20(17-9-3-4-10-18(17)26-14)22-21(23(28)19-11-6-12-32-19)24(29)25(30)27(22)15-7-5-8-16(13-15)31-2/h3-13,22,26,29H,1-2H3. The fourth-order valence-corrected chi connectivity index (χ4v) is 5.01. The lowest BCUT2D eigenvalue weighted by molar-refractivity contribution is -0.117. The molecule has 0 aliphatic carbocycles. The number of fused-ring (bicyclic) bond motifs is 1. The zero-order valence-electron chi connectivity index (χ0n) is 17.5. The number of Topliss-reactive ketones (excluding diaryl/α,β-unsaturated/α-hetero) is 1. The summed E-state index contributed by atoms with van der Waals surface area (Å²) in [7, 11) is 1.55. The number of rotatable bonds is 5. The van der Waals surface area contributed by atoms with Crippen LogP contribution >= 0.6 is 11.3 Å². The number of methoxy groups -OCH3 is 1. The van der Waals surface area contributed by atoms with Gasteiger partial charge in [0.2, 0.25) is 5.78 Å². The van der Waals surface area contributed by atoms with Crippen molar-refractivity contribution < 1.29 is 19.4 Å². The molecule has 1 aliphatic rings. The van der Waals surface area contributed by atoms with Crippen LogP contribution in [0, 0.1) is 6.92 Å². The topological polar surface area (TPSA) is 82.6 Å². The Bertz CT molecular complexity index is 1380. The third-order valence-electron chi connectivity index (χ3n) is 5.75. The molecule has 0 bridgehead atoms. The van der Waals surface area contributed by atoms with Crippen LogP contribution in [0.3, 0.4) is 0 Å². The first-order chi connectivity index (χ1) is 15.5. The van der Waals surface area contributed by atoms with Crippen molar-refractivity contribution in [2.24, 2.45) is 0 Å². The lowest BCUT2D eigenvalue weighted by Gasteiger charge is -2.27. The lowest BCUT2D eigenvalue weighted by Crippen LogP contribution is -2.31. The third-order valence-corrected chi connectivity index (χ3v) is 6.61. The van der Waals surface area contributed by atoms with Crippen LogP contribution < -0.4 is 9.64 Å². The molecule has 4 aromatic rings. The minimum absolute atomic E-state index is 0.0770. The van der Waals surface area contributed by atoms with Crippen molar-refractivity contribution in [3.63, 3.8) is 0 Å². The number of anilines is 1. The Hall–Kier alpha value is -3.84. The van der Waals surface area contributed by atoms with E-state index in [2.05, 4.69) is 4.98 Å². The van der Waals surface area contributed by atoms with Crippen molar-refractivity contribution in [2.45, 2.75) is 13.0 Å².